The molecule has 16 heavy (non-hydrogen) atoms. The highest BCUT2D eigenvalue weighted by Crippen LogP contribution is 2.10. The summed E-state index contributed by atoms with van der Waals surface area (Å²) in [6.07, 6.45) is 0. The molecular weight excluding hydrogens is 202 g/mol. The maximum Gasteiger partial charge on any atom is 0.370 e. The number of H-pyrrole nitrogens is 1. The number of hydrogen-bond donors (Lipinski definition) is 1. The second kappa shape index (κ2) is 2.95. The predicted octanol–water partition coefficient (Wildman–Crippen LogP) is 0.914. The van der Waals surface area contributed by atoms with Crippen LogP contribution in [0.2, 0.25) is 0 Å². The van der Waals surface area contributed by atoms with Gasteiger partial charge >= 0.3 is 11.3 Å². The molecule has 0 fully saturated rings. The van der Waals surface area contributed by atoms with Gasteiger partial charge in [-0.2, -0.15) is 4.40 Å². The molecule has 0 saturated carbocycles. The van der Waals surface area contributed by atoms with Gasteiger partial charge in [0.15, 0.2) is 0 Å². The van der Waals surface area contributed by atoms with Gasteiger partial charge in [-0.15, -0.1) is 0 Å². The molecular formula is C12H12N3O+. The Balaban J connectivity index is 2.73. The summed E-state index contributed by atoms with van der Waals surface area (Å²) in [5.74, 6) is 0.811. The van der Waals surface area contributed by atoms with Crippen LogP contribution in [0.1, 0.15) is 5.69 Å². The van der Waals surface area contributed by atoms with Crippen LogP contribution in [0.4, 0.5) is 0 Å². The molecule has 0 unspecified atom stereocenters. The molecule has 3 aromatic rings. The van der Waals surface area contributed by atoms with Crippen molar-refractivity contribution in [2.75, 3.05) is 0 Å². The summed E-state index contributed by atoms with van der Waals surface area (Å²) in [6, 6.07) is 9.48. The maximum absolute atomic E-state index is 12.0. The molecule has 2 aromatic heterocycles. The first-order valence-corrected chi connectivity index (χ1v) is 5.17. The molecule has 0 saturated heterocycles. The van der Waals surface area contributed by atoms with E-state index < -0.39 is 0 Å². The molecule has 0 aliphatic heterocycles. The lowest BCUT2D eigenvalue weighted by Gasteiger charge is -1.90. The zero-order valence-corrected chi connectivity index (χ0v) is 9.19. The maximum atomic E-state index is 12.0. The fourth-order valence-corrected chi connectivity index (χ4v) is 2.14. The number of aromatic nitrogens is 3. The normalized spacial score (nSPS) is 11.4. The summed E-state index contributed by atoms with van der Waals surface area (Å²) < 4.78 is 3.69. The van der Waals surface area contributed by atoms with E-state index in [1.165, 1.54) is 0 Å². The van der Waals surface area contributed by atoms with Gasteiger partial charge in [0, 0.05) is 0 Å². The lowest BCUT2D eigenvalue weighted by Crippen LogP contribution is -2.30. The average Bonchev–Trinajstić information content (AvgIpc) is 2.54. The van der Waals surface area contributed by atoms with E-state index in [1.54, 1.807) is 10.5 Å². The van der Waals surface area contributed by atoms with Gasteiger partial charge in [-0.25, -0.2) is 9.55 Å². The topological polar surface area (TPSA) is 41.1 Å². The summed E-state index contributed by atoms with van der Waals surface area (Å²) in [4.78, 5) is 15.2. The molecule has 4 heteroatoms. The minimum Gasteiger partial charge on any atom is -0.250 e. The fraction of sp³-hybridized carbons (Fsp3) is 0.167. The summed E-state index contributed by atoms with van der Waals surface area (Å²) in [5.41, 5.74) is 2.85. The number of aromatic amines is 1. The van der Waals surface area contributed by atoms with Crippen molar-refractivity contribution in [3.8, 4) is 0 Å². The SMILES string of the molecule is Cc1cc(=O)n2c3ccccc3[n+](C)c2[nH]1. The van der Waals surface area contributed by atoms with Crippen molar-refractivity contribution in [2.45, 2.75) is 6.92 Å². The summed E-state index contributed by atoms with van der Waals surface area (Å²) in [5, 5.41) is 0. The molecule has 3 rings (SSSR count). The number of fused-ring (bicyclic) bond motifs is 3. The van der Waals surface area contributed by atoms with Gasteiger partial charge in [0.1, 0.15) is 11.0 Å². The Kier molecular flexibility index (Phi) is 1.68. The quantitative estimate of drug-likeness (QED) is 0.555. The Bertz CT molecular complexity index is 752. The van der Waals surface area contributed by atoms with Crippen LogP contribution in [0.15, 0.2) is 35.1 Å². The third-order valence-corrected chi connectivity index (χ3v) is 2.88. The number of nitrogens with zero attached hydrogens (tertiary/aromatic N) is 2. The molecule has 0 aliphatic carbocycles. The van der Waals surface area contributed by atoms with Crippen molar-refractivity contribution in [1.82, 2.24) is 9.38 Å². The van der Waals surface area contributed by atoms with E-state index in [0.29, 0.717) is 0 Å². The largest absolute Gasteiger partial charge is 0.370 e. The molecule has 80 valence electrons. The Morgan fingerprint density at radius 3 is 2.88 bits per heavy atom. The van der Waals surface area contributed by atoms with Crippen LogP contribution < -0.4 is 10.1 Å². The monoisotopic (exact) mass is 214 g/mol. The second-order valence-corrected chi connectivity index (χ2v) is 4.00. The number of hydrogen-bond acceptors (Lipinski definition) is 1. The predicted molar refractivity (Wildman–Crippen MR) is 61.4 cm³/mol. The smallest absolute Gasteiger partial charge is 0.250 e. The summed E-state index contributed by atoms with van der Waals surface area (Å²) >= 11 is 0. The minimum absolute atomic E-state index is 0.00282. The molecule has 1 N–H and O–H groups in total. The molecule has 0 bridgehead atoms. The van der Waals surface area contributed by atoms with E-state index in [0.717, 1.165) is 22.5 Å². The first kappa shape index (κ1) is 9.15. The van der Waals surface area contributed by atoms with Crippen LogP contribution in [-0.2, 0) is 7.05 Å². The third kappa shape index (κ3) is 1.04. The standard InChI is InChI=1S/C12H11N3O/c1-8-7-11(16)15-10-6-4-3-5-9(10)14(2)12(15)13-8/h3-7H,1-2H3/p+1. The van der Waals surface area contributed by atoms with Gasteiger partial charge in [-0.1, -0.05) is 12.1 Å². The molecule has 1 aromatic carbocycles. The third-order valence-electron chi connectivity index (χ3n) is 2.88. The van der Waals surface area contributed by atoms with Crippen LogP contribution in [0.25, 0.3) is 16.8 Å². The lowest BCUT2D eigenvalue weighted by atomic mass is 10.3. The summed E-state index contributed by atoms with van der Waals surface area (Å²) in [6.45, 7) is 1.89. The van der Waals surface area contributed by atoms with Crippen molar-refractivity contribution in [2.24, 2.45) is 7.05 Å². The Morgan fingerprint density at radius 2 is 2.06 bits per heavy atom. The zero-order valence-electron chi connectivity index (χ0n) is 9.19. The van der Waals surface area contributed by atoms with Crippen LogP contribution in [0, 0.1) is 6.92 Å². The van der Waals surface area contributed by atoms with Crippen LogP contribution in [0.3, 0.4) is 0 Å². The molecule has 0 aliphatic rings. The minimum atomic E-state index is 0.00282. The average molecular weight is 214 g/mol. The number of benzene rings is 1. The van der Waals surface area contributed by atoms with E-state index in [9.17, 15) is 4.79 Å². The number of para-hydroxylation sites is 2. The van der Waals surface area contributed by atoms with Gasteiger partial charge < -0.3 is 0 Å². The second-order valence-electron chi connectivity index (χ2n) is 4.00. The highest BCUT2D eigenvalue weighted by Gasteiger charge is 2.17. The van der Waals surface area contributed by atoms with Gasteiger partial charge in [0.2, 0.25) is 0 Å². The molecule has 0 spiro atoms. The van der Waals surface area contributed by atoms with Crippen LogP contribution in [-0.4, -0.2) is 9.38 Å². The molecule has 0 radical (unpaired) electrons. The van der Waals surface area contributed by atoms with Gasteiger partial charge in [-0.05, 0) is 19.1 Å². The fourth-order valence-electron chi connectivity index (χ4n) is 2.14. The van der Waals surface area contributed by atoms with E-state index in [1.807, 2.05) is 42.8 Å². The van der Waals surface area contributed by atoms with Gasteiger partial charge in [-0.3, -0.25) is 4.79 Å². The van der Waals surface area contributed by atoms with Crippen molar-refractivity contribution >= 4 is 16.8 Å². The van der Waals surface area contributed by atoms with E-state index in [-0.39, 0.29) is 5.56 Å². The van der Waals surface area contributed by atoms with Crippen LogP contribution >= 0.6 is 0 Å². The van der Waals surface area contributed by atoms with Crippen molar-refractivity contribution < 1.29 is 4.57 Å². The van der Waals surface area contributed by atoms with E-state index in [2.05, 4.69) is 4.98 Å². The molecule has 4 nitrogen and oxygen atoms in total. The first-order chi connectivity index (χ1) is 7.68. The molecule has 0 amide bonds. The zero-order chi connectivity index (χ0) is 11.3. The van der Waals surface area contributed by atoms with Gasteiger partial charge in [0.25, 0.3) is 0 Å². The Morgan fingerprint density at radius 1 is 1.31 bits per heavy atom. The van der Waals surface area contributed by atoms with E-state index >= 15 is 0 Å². The summed E-state index contributed by atoms with van der Waals surface area (Å²) in [7, 11) is 1.95. The van der Waals surface area contributed by atoms with E-state index in [4.69, 9.17) is 0 Å². The highest BCUT2D eigenvalue weighted by molar-refractivity contribution is 5.74. The van der Waals surface area contributed by atoms with Crippen LogP contribution in [0.5, 0.6) is 0 Å². The number of rotatable bonds is 0. The molecule has 0 atom stereocenters. The number of aryl methyl sites for hydroxylation is 2. The van der Waals surface area contributed by atoms with Gasteiger partial charge in [0.05, 0.1) is 18.8 Å². The lowest BCUT2D eigenvalue weighted by molar-refractivity contribution is -0.620. The number of nitrogens with one attached hydrogen (secondary N) is 1. The van der Waals surface area contributed by atoms with Crippen molar-refractivity contribution in [3.63, 3.8) is 0 Å². The molecule has 2 heterocycles. The Hall–Kier alpha value is -2.10. The van der Waals surface area contributed by atoms with Crippen molar-refractivity contribution in [1.29, 1.82) is 0 Å². The Labute approximate surface area is 91.8 Å². The highest BCUT2D eigenvalue weighted by atomic mass is 16.1. The number of imidazole rings is 1. The van der Waals surface area contributed by atoms with Crippen molar-refractivity contribution in [3.05, 3.63) is 46.4 Å². The first-order valence-electron chi connectivity index (χ1n) is 5.17.